The zero-order chi connectivity index (χ0) is 12.3. The van der Waals surface area contributed by atoms with Crippen LogP contribution in [0.5, 0.6) is 0 Å². The van der Waals surface area contributed by atoms with Gasteiger partial charge in [-0.2, -0.15) is 5.26 Å². The van der Waals surface area contributed by atoms with Crippen molar-refractivity contribution in [1.29, 1.82) is 5.26 Å². The van der Waals surface area contributed by atoms with Crippen LogP contribution in [0.2, 0.25) is 0 Å². The lowest BCUT2D eigenvalue weighted by Crippen LogP contribution is -2.31. The summed E-state index contributed by atoms with van der Waals surface area (Å²) in [4.78, 5) is 24.8. The second-order valence-corrected chi connectivity index (χ2v) is 3.51. The number of nitriles is 1. The lowest BCUT2D eigenvalue weighted by molar-refractivity contribution is 0.709. The molecular formula is C12H9N3O2. The highest BCUT2D eigenvalue weighted by molar-refractivity contribution is 5.22. The Morgan fingerprint density at radius 2 is 1.94 bits per heavy atom. The monoisotopic (exact) mass is 227 g/mol. The van der Waals surface area contributed by atoms with Crippen LogP contribution in [-0.4, -0.2) is 9.55 Å². The van der Waals surface area contributed by atoms with Crippen LogP contribution in [0, 0.1) is 11.3 Å². The second kappa shape index (κ2) is 4.49. The normalized spacial score (nSPS) is 9.82. The zero-order valence-corrected chi connectivity index (χ0v) is 8.88. The first kappa shape index (κ1) is 10.9. The minimum Gasteiger partial charge on any atom is -0.280 e. The van der Waals surface area contributed by atoms with Gasteiger partial charge in [0.05, 0.1) is 6.54 Å². The molecular weight excluding hydrogens is 218 g/mol. The van der Waals surface area contributed by atoms with Crippen molar-refractivity contribution in [3.8, 4) is 6.07 Å². The van der Waals surface area contributed by atoms with Crippen molar-refractivity contribution in [2.24, 2.45) is 0 Å². The van der Waals surface area contributed by atoms with Gasteiger partial charge in [-0.05, 0) is 5.56 Å². The topological polar surface area (TPSA) is 78.7 Å². The van der Waals surface area contributed by atoms with Crippen LogP contribution < -0.4 is 11.2 Å². The van der Waals surface area contributed by atoms with Crippen LogP contribution in [0.3, 0.4) is 0 Å². The summed E-state index contributed by atoms with van der Waals surface area (Å²) in [6, 6.07) is 12.2. The molecule has 5 nitrogen and oxygen atoms in total. The smallest absolute Gasteiger partial charge is 0.280 e. The minimum absolute atomic E-state index is 0.0580. The number of hydrogen-bond acceptors (Lipinski definition) is 3. The standard InChI is InChI=1S/C12H9N3O2/c13-7-10-6-11(16)14-12(17)15(10)8-9-4-2-1-3-5-9/h1-6H,8H2,(H,14,16,17). The summed E-state index contributed by atoms with van der Waals surface area (Å²) in [6.07, 6.45) is 0. The van der Waals surface area contributed by atoms with Crippen LogP contribution in [0.25, 0.3) is 0 Å². The third-order valence-corrected chi connectivity index (χ3v) is 2.33. The highest BCUT2D eigenvalue weighted by Crippen LogP contribution is 2.01. The van der Waals surface area contributed by atoms with Crippen molar-refractivity contribution in [3.05, 3.63) is 68.5 Å². The Hall–Kier alpha value is -2.61. The summed E-state index contributed by atoms with van der Waals surface area (Å²) < 4.78 is 1.23. The molecule has 2 rings (SSSR count). The van der Waals surface area contributed by atoms with Crippen molar-refractivity contribution >= 4 is 0 Å². The molecule has 0 unspecified atom stereocenters. The Balaban J connectivity index is 2.51. The number of aromatic nitrogens is 2. The average Bonchev–Trinajstić information content (AvgIpc) is 2.33. The van der Waals surface area contributed by atoms with Crippen molar-refractivity contribution in [3.63, 3.8) is 0 Å². The van der Waals surface area contributed by atoms with E-state index in [1.807, 2.05) is 36.4 Å². The van der Waals surface area contributed by atoms with E-state index in [1.165, 1.54) is 4.57 Å². The molecule has 1 aromatic heterocycles. The maximum absolute atomic E-state index is 11.6. The molecule has 17 heavy (non-hydrogen) atoms. The van der Waals surface area contributed by atoms with E-state index >= 15 is 0 Å². The van der Waals surface area contributed by atoms with Crippen molar-refractivity contribution in [1.82, 2.24) is 9.55 Å². The van der Waals surface area contributed by atoms with E-state index in [2.05, 4.69) is 4.98 Å². The molecule has 84 valence electrons. The van der Waals surface area contributed by atoms with E-state index in [9.17, 15) is 9.59 Å². The molecule has 0 radical (unpaired) electrons. The average molecular weight is 227 g/mol. The first-order valence-corrected chi connectivity index (χ1v) is 4.99. The van der Waals surface area contributed by atoms with Crippen LogP contribution >= 0.6 is 0 Å². The van der Waals surface area contributed by atoms with Gasteiger partial charge in [0.15, 0.2) is 0 Å². The number of hydrogen-bond donors (Lipinski definition) is 1. The van der Waals surface area contributed by atoms with Gasteiger partial charge in [-0.15, -0.1) is 0 Å². The lowest BCUT2D eigenvalue weighted by Gasteiger charge is -2.06. The molecule has 0 saturated carbocycles. The maximum atomic E-state index is 11.6. The molecule has 1 N–H and O–H groups in total. The first-order valence-electron chi connectivity index (χ1n) is 4.99. The van der Waals surface area contributed by atoms with E-state index in [-0.39, 0.29) is 12.2 Å². The lowest BCUT2D eigenvalue weighted by atomic mass is 10.2. The summed E-state index contributed by atoms with van der Waals surface area (Å²) in [5.74, 6) is 0. The van der Waals surface area contributed by atoms with Gasteiger partial charge >= 0.3 is 5.69 Å². The number of rotatable bonds is 2. The third kappa shape index (κ3) is 2.32. The van der Waals surface area contributed by atoms with E-state index < -0.39 is 11.2 Å². The van der Waals surface area contributed by atoms with Crippen LogP contribution in [-0.2, 0) is 6.54 Å². The molecule has 0 aliphatic carbocycles. The van der Waals surface area contributed by atoms with Crippen LogP contribution in [0.1, 0.15) is 11.3 Å². The Bertz CT molecular complexity index is 677. The quantitative estimate of drug-likeness (QED) is 0.809. The molecule has 0 bridgehead atoms. The van der Waals surface area contributed by atoms with Crippen molar-refractivity contribution < 1.29 is 0 Å². The predicted molar refractivity (Wildman–Crippen MR) is 61.6 cm³/mol. The Morgan fingerprint density at radius 1 is 1.24 bits per heavy atom. The Kier molecular flexibility index (Phi) is 2.88. The van der Waals surface area contributed by atoms with E-state index in [4.69, 9.17) is 5.26 Å². The van der Waals surface area contributed by atoms with Gasteiger partial charge in [-0.25, -0.2) is 4.79 Å². The third-order valence-electron chi connectivity index (χ3n) is 2.33. The Labute approximate surface area is 96.6 Å². The fourth-order valence-corrected chi connectivity index (χ4v) is 1.54. The van der Waals surface area contributed by atoms with Gasteiger partial charge in [0.1, 0.15) is 11.8 Å². The molecule has 0 saturated heterocycles. The maximum Gasteiger partial charge on any atom is 0.329 e. The minimum atomic E-state index is -0.571. The molecule has 0 spiro atoms. The summed E-state index contributed by atoms with van der Waals surface area (Å²) in [7, 11) is 0. The predicted octanol–water partition coefficient (Wildman–Crippen LogP) is 0.457. The van der Waals surface area contributed by atoms with Crippen LogP contribution in [0.4, 0.5) is 0 Å². The number of nitrogens with zero attached hydrogens (tertiary/aromatic N) is 2. The summed E-state index contributed by atoms with van der Waals surface area (Å²) in [5, 5.41) is 8.88. The highest BCUT2D eigenvalue weighted by Gasteiger charge is 2.05. The second-order valence-electron chi connectivity index (χ2n) is 3.51. The molecule has 1 aromatic carbocycles. The number of benzene rings is 1. The molecule has 0 aliphatic heterocycles. The molecule has 0 amide bonds. The fraction of sp³-hybridized carbons (Fsp3) is 0.0833. The molecule has 2 aromatic rings. The van der Waals surface area contributed by atoms with Crippen molar-refractivity contribution in [2.75, 3.05) is 0 Å². The van der Waals surface area contributed by atoms with Gasteiger partial charge in [0.25, 0.3) is 5.56 Å². The van der Waals surface area contributed by atoms with Gasteiger partial charge < -0.3 is 0 Å². The fourth-order valence-electron chi connectivity index (χ4n) is 1.54. The highest BCUT2D eigenvalue weighted by atomic mass is 16.2. The molecule has 1 heterocycles. The number of nitrogens with one attached hydrogen (secondary N) is 1. The number of H-pyrrole nitrogens is 1. The van der Waals surface area contributed by atoms with Gasteiger partial charge in [-0.1, -0.05) is 30.3 Å². The molecule has 5 heteroatoms. The molecule has 0 aliphatic rings. The van der Waals surface area contributed by atoms with E-state index in [0.29, 0.717) is 0 Å². The summed E-state index contributed by atoms with van der Waals surface area (Å²) >= 11 is 0. The largest absolute Gasteiger partial charge is 0.329 e. The summed E-state index contributed by atoms with van der Waals surface area (Å²) in [5.41, 5.74) is -0.186. The van der Waals surface area contributed by atoms with Crippen molar-refractivity contribution in [2.45, 2.75) is 6.54 Å². The first-order chi connectivity index (χ1) is 8.20. The van der Waals surface area contributed by atoms with E-state index in [0.717, 1.165) is 11.6 Å². The summed E-state index contributed by atoms with van der Waals surface area (Å²) in [6.45, 7) is 0.263. The Morgan fingerprint density at radius 3 is 2.59 bits per heavy atom. The molecule has 0 atom stereocenters. The van der Waals surface area contributed by atoms with Gasteiger partial charge in [0.2, 0.25) is 0 Å². The zero-order valence-electron chi connectivity index (χ0n) is 8.88. The van der Waals surface area contributed by atoms with Gasteiger partial charge in [0, 0.05) is 6.07 Å². The van der Waals surface area contributed by atoms with Crippen LogP contribution in [0.15, 0.2) is 46.0 Å². The molecule has 0 fully saturated rings. The SMILES string of the molecule is N#Cc1cc(=O)[nH]c(=O)n1Cc1ccccc1. The van der Waals surface area contributed by atoms with E-state index in [1.54, 1.807) is 0 Å². The van der Waals surface area contributed by atoms with Gasteiger partial charge in [-0.3, -0.25) is 14.3 Å². The number of aromatic amines is 1.